The quantitative estimate of drug-likeness (QED) is 0.673. The maximum atomic E-state index is 12.2. The molecule has 0 heterocycles. The van der Waals surface area contributed by atoms with Crippen LogP contribution in [-0.2, 0) is 14.3 Å². The number of benzene rings is 1. The van der Waals surface area contributed by atoms with E-state index in [9.17, 15) is 9.59 Å². The van der Waals surface area contributed by atoms with Crippen LogP contribution >= 0.6 is 0 Å². The van der Waals surface area contributed by atoms with E-state index in [4.69, 9.17) is 4.74 Å². The SMILES string of the molecule is CCOC(=O)[C@H](NCC(=O)N[C@H](C)c1ccc(C)c(C)c1)[C@@H](C)CC. The average molecular weight is 348 g/mol. The fourth-order valence-corrected chi connectivity index (χ4v) is 2.60. The molecule has 2 N–H and O–H groups in total. The fraction of sp³-hybridized carbons (Fsp3) is 0.600. The predicted octanol–water partition coefficient (Wildman–Crippen LogP) is 3.05. The molecule has 5 nitrogen and oxygen atoms in total. The highest BCUT2D eigenvalue weighted by molar-refractivity contribution is 5.81. The molecule has 0 bridgehead atoms. The molecule has 0 radical (unpaired) electrons. The van der Waals surface area contributed by atoms with Gasteiger partial charge in [0.25, 0.3) is 0 Å². The van der Waals surface area contributed by atoms with Gasteiger partial charge in [0.15, 0.2) is 0 Å². The summed E-state index contributed by atoms with van der Waals surface area (Å²) in [4.78, 5) is 24.3. The van der Waals surface area contributed by atoms with Gasteiger partial charge in [0.1, 0.15) is 6.04 Å². The van der Waals surface area contributed by atoms with Gasteiger partial charge in [-0.15, -0.1) is 0 Å². The summed E-state index contributed by atoms with van der Waals surface area (Å²) in [6.45, 7) is 12.3. The van der Waals surface area contributed by atoms with Gasteiger partial charge in [-0.2, -0.15) is 0 Å². The van der Waals surface area contributed by atoms with Crippen molar-refractivity contribution in [2.24, 2.45) is 5.92 Å². The summed E-state index contributed by atoms with van der Waals surface area (Å²) in [6, 6.07) is 5.63. The number of rotatable bonds is 9. The molecule has 0 aliphatic rings. The van der Waals surface area contributed by atoms with Gasteiger partial charge in [-0.1, -0.05) is 38.5 Å². The Bertz CT molecular complexity index is 586. The zero-order chi connectivity index (χ0) is 19.0. The van der Waals surface area contributed by atoms with Gasteiger partial charge < -0.3 is 10.1 Å². The topological polar surface area (TPSA) is 67.4 Å². The van der Waals surface area contributed by atoms with E-state index in [0.717, 1.165) is 12.0 Å². The van der Waals surface area contributed by atoms with Gasteiger partial charge in [-0.25, -0.2) is 0 Å². The predicted molar refractivity (Wildman–Crippen MR) is 100 cm³/mol. The first-order valence-electron chi connectivity index (χ1n) is 9.06. The third-order valence-corrected chi connectivity index (χ3v) is 4.64. The second-order valence-electron chi connectivity index (χ2n) is 6.63. The maximum Gasteiger partial charge on any atom is 0.323 e. The molecule has 1 aromatic carbocycles. The van der Waals surface area contributed by atoms with Gasteiger partial charge in [0.2, 0.25) is 5.91 Å². The third-order valence-electron chi connectivity index (χ3n) is 4.64. The van der Waals surface area contributed by atoms with Crippen LogP contribution in [0.15, 0.2) is 18.2 Å². The van der Waals surface area contributed by atoms with Crippen LogP contribution in [0.3, 0.4) is 0 Å². The molecule has 0 unspecified atom stereocenters. The number of aryl methyl sites for hydroxylation is 2. The normalized spacial score (nSPS) is 14.5. The van der Waals surface area contributed by atoms with Crippen molar-refractivity contribution >= 4 is 11.9 Å². The van der Waals surface area contributed by atoms with E-state index in [2.05, 4.69) is 36.6 Å². The lowest BCUT2D eigenvalue weighted by molar-refractivity contribution is -0.147. The Morgan fingerprint density at radius 2 is 1.80 bits per heavy atom. The van der Waals surface area contributed by atoms with Crippen LogP contribution in [0.4, 0.5) is 0 Å². The zero-order valence-corrected chi connectivity index (χ0v) is 16.3. The largest absolute Gasteiger partial charge is 0.465 e. The summed E-state index contributed by atoms with van der Waals surface area (Å²) in [5.74, 6) is -0.334. The summed E-state index contributed by atoms with van der Waals surface area (Å²) in [7, 11) is 0. The number of esters is 1. The maximum absolute atomic E-state index is 12.2. The minimum Gasteiger partial charge on any atom is -0.465 e. The van der Waals surface area contributed by atoms with Crippen LogP contribution in [0.25, 0.3) is 0 Å². The first-order valence-corrected chi connectivity index (χ1v) is 9.06. The molecule has 0 aliphatic heterocycles. The van der Waals surface area contributed by atoms with Gasteiger partial charge in [-0.05, 0) is 50.3 Å². The number of amides is 1. The minimum absolute atomic E-state index is 0.0850. The molecule has 25 heavy (non-hydrogen) atoms. The van der Waals surface area contributed by atoms with Crippen molar-refractivity contribution < 1.29 is 14.3 Å². The molecule has 5 heteroatoms. The Labute approximate surface area is 151 Å². The number of nitrogens with one attached hydrogen (secondary N) is 2. The number of carbonyl (C=O) groups is 2. The Balaban J connectivity index is 2.61. The lowest BCUT2D eigenvalue weighted by atomic mass is 9.99. The van der Waals surface area contributed by atoms with Gasteiger partial charge in [0, 0.05) is 0 Å². The van der Waals surface area contributed by atoms with Crippen molar-refractivity contribution in [2.75, 3.05) is 13.2 Å². The highest BCUT2D eigenvalue weighted by atomic mass is 16.5. The highest BCUT2D eigenvalue weighted by Gasteiger charge is 2.25. The van der Waals surface area contributed by atoms with Crippen molar-refractivity contribution in [3.05, 3.63) is 34.9 Å². The van der Waals surface area contributed by atoms with E-state index in [1.807, 2.05) is 26.8 Å². The standard InChI is InChI=1S/C20H32N2O3/c1-7-13(3)19(20(24)25-8-2)21-12-18(23)22-16(6)17-10-9-14(4)15(5)11-17/h9-11,13,16,19,21H,7-8,12H2,1-6H3,(H,22,23)/t13-,16+,19+/m0/s1. The zero-order valence-electron chi connectivity index (χ0n) is 16.3. The van der Waals surface area contributed by atoms with E-state index in [1.54, 1.807) is 6.92 Å². The lowest BCUT2D eigenvalue weighted by Gasteiger charge is -2.23. The Hall–Kier alpha value is -1.88. The van der Waals surface area contributed by atoms with E-state index >= 15 is 0 Å². The van der Waals surface area contributed by atoms with E-state index < -0.39 is 6.04 Å². The summed E-state index contributed by atoms with van der Waals surface area (Å²) >= 11 is 0. The van der Waals surface area contributed by atoms with Crippen LogP contribution in [0, 0.1) is 19.8 Å². The number of ether oxygens (including phenoxy) is 1. The molecule has 140 valence electrons. The van der Waals surface area contributed by atoms with Crippen LogP contribution < -0.4 is 10.6 Å². The summed E-state index contributed by atoms with van der Waals surface area (Å²) in [6.07, 6.45) is 0.831. The molecule has 0 fully saturated rings. The first kappa shape index (κ1) is 21.2. The molecule has 3 atom stereocenters. The van der Waals surface area contributed by atoms with Crippen LogP contribution in [-0.4, -0.2) is 31.1 Å². The van der Waals surface area contributed by atoms with Crippen molar-refractivity contribution in [2.45, 2.75) is 60.0 Å². The fourth-order valence-electron chi connectivity index (χ4n) is 2.60. The third kappa shape index (κ3) is 6.50. The number of carbonyl (C=O) groups excluding carboxylic acids is 2. The molecule has 0 aromatic heterocycles. The van der Waals surface area contributed by atoms with Crippen LogP contribution in [0.2, 0.25) is 0 Å². The van der Waals surface area contributed by atoms with E-state index in [-0.39, 0.29) is 30.4 Å². The van der Waals surface area contributed by atoms with Crippen molar-refractivity contribution in [3.63, 3.8) is 0 Å². The summed E-state index contributed by atoms with van der Waals surface area (Å²) < 4.78 is 5.10. The average Bonchev–Trinajstić information content (AvgIpc) is 2.57. The van der Waals surface area contributed by atoms with E-state index in [0.29, 0.717) is 6.61 Å². The molecule has 1 rings (SSSR count). The second kappa shape index (κ2) is 10.2. The van der Waals surface area contributed by atoms with Crippen LogP contribution in [0.1, 0.15) is 56.8 Å². The smallest absolute Gasteiger partial charge is 0.323 e. The molecule has 1 amide bonds. The molecule has 0 saturated carbocycles. The van der Waals surface area contributed by atoms with Gasteiger partial charge >= 0.3 is 5.97 Å². The van der Waals surface area contributed by atoms with E-state index in [1.165, 1.54) is 11.1 Å². The number of hydrogen-bond acceptors (Lipinski definition) is 4. The lowest BCUT2D eigenvalue weighted by Crippen LogP contribution is -2.47. The molecular weight excluding hydrogens is 316 g/mol. The molecule has 0 saturated heterocycles. The van der Waals surface area contributed by atoms with Crippen molar-refractivity contribution in [1.82, 2.24) is 10.6 Å². The first-order chi connectivity index (χ1) is 11.8. The minimum atomic E-state index is -0.465. The Kier molecular flexibility index (Phi) is 8.62. The van der Waals surface area contributed by atoms with Crippen molar-refractivity contribution in [3.8, 4) is 0 Å². The molecule has 1 aromatic rings. The van der Waals surface area contributed by atoms with Crippen molar-refractivity contribution in [1.29, 1.82) is 0 Å². The highest BCUT2D eigenvalue weighted by Crippen LogP contribution is 2.16. The molecule has 0 spiro atoms. The van der Waals surface area contributed by atoms with Gasteiger partial charge in [0.05, 0.1) is 19.2 Å². The van der Waals surface area contributed by atoms with Crippen LogP contribution in [0.5, 0.6) is 0 Å². The molecule has 0 aliphatic carbocycles. The monoisotopic (exact) mass is 348 g/mol. The Morgan fingerprint density at radius 1 is 1.12 bits per heavy atom. The summed E-state index contributed by atoms with van der Waals surface area (Å²) in [5, 5.41) is 6.02. The second-order valence-corrected chi connectivity index (χ2v) is 6.63. The van der Waals surface area contributed by atoms with Gasteiger partial charge in [-0.3, -0.25) is 14.9 Å². The Morgan fingerprint density at radius 3 is 2.36 bits per heavy atom. The number of hydrogen-bond donors (Lipinski definition) is 2. The summed E-state index contributed by atoms with van der Waals surface area (Å²) in [5.41, 5.74) is 3.51. The molecular formula is C20H32N2O3.